The fourth-order valence-electron chi connectivity index (χ4n) is 4.55. The van der Waals surface area contributed by atoms with Crippen LogP contribution in [-0.2, 0) is 38.8 Å². The molecule has 10 heteroatoms. The predicted octanol–water partition coefficient (Wildman–Crippen LogP) is 4.80. The first kappa shape index (κ1) is 29.4. The van der Waals surface area contributed by atoms with E-state index in [2.05, 4.69) is 10.6 Å². The first-order chi connectivity index (χ1) is 19.3. The van der Waals surface area contributed by atoms with Gasteiger partial charge in [-0.2, -0.15) is 0 Å². The van der Waals surface area contributed by atoms with Gasteiger partial charge in [0.2, 0.25) is 5.91 Å². The Kier molecular flexibility index (Phi) is 10.4. The average Bonchev–Trinajstić information content (AvgIpc) is 3.40. The fourth-order valence-corrected chi connectivity index (χ4v) is 5.05. The molecule has 40 heavy (non-hydrogen) atoms. The van der Waals surface area contributed by atoms with Gasteiger partial charge in [-0.15, -0.1) is 0 Å². The lowest BCUT2D eigenvalue weighted by Crippen LogP contribution is -2.44. The summed E-state index contributed by atoms with van der Waals surface area (Å²) in [4.78, 5) is 37.3. The molecule has 3 aromatic carbocycles. The van der Waals surface area contributed by atoms with Crippen LogP contribution in [0, 0.1) is 5.92 Å². The van der Waals surface area contributed by atoms with Gasteiger partial charge in [-0.3, -0.25) is 9.59 Å². The molecule has 1 heterocycles. The number of amides is 1. The van der Waals surface area contributed by atoms with Crippen LogP contribution in [0.25, 0.3) is 0 Å². The van der Waals surface area contributed by atoms with Gasteiger partial charge in [0.1, 0.15) is 31.0 Å². The standard InChI is InChI=1S/C30H30Cl2N2O6/c31-24-7-4-8-25(32)23(24)18-39-22-11-9-19(10-12-22)15-26(29(36)37)34-27(35)16-21-13-14-33-28(21)30(38)40-17-20-5-2-1-3-6-20/h1-12,21,26,28,33H,13-18H2,(H,34,35)(H,36,37)/t21-,26-,28+/m0/s1. The molecule has 1 saturated heterocycles. The maximum Gasteiger partial charge on any atom is 0.326 e. The summed E-state index contributed by atoms with van der Waals surface area (Å²) in [6.45, 7) is 0.903. The maximum absolute atomic E-state index is 12.8. The smallest absolute Gasteiger partial charge is 0.326 e. The van der Waals surface area contributed by atoms with E-state index < -0.39 is 29.9 Å². The zero-order valence-corrected chi connectivity index (χ0v) is 23.2. The molecular formula is C30H30Cl2N2O6. The van der Waals surface area contributed by atoms with Crippen molar-refractivity contribution in [3.05, 3.63) is 99.5 Å². The van der Waals surface area contributed by atoms with Crippen molar-refractivity contribution in [2.45, 2.75) is 44.6 Å². The third-order valence-corrected chi connectivity index (χ3v) is 7.43. The number of rotatable bonds is 12. The lowest BCUT2D eigenvalue weighted by molar-refractivity contribution is -0.148. The van der Waals surface area contributed by atoms with Crippen LogP contribution in [0.4, 0.5) is 0 Å². The number of carbonyl (C=O) groups excluding carboxylic acids is 2. The summed E-state index contributed by atoms with van der Waals surface area (Å²) in [5, 5.41) is 16.4. The van der Waals surface area contributed by atoms with Gasteiger partial charge in [0, 0.05) is 28.5 Å². The minimum Gasteiger partial charge on any atom is -0.489 e. The van der Waals surface area contributed by atoms with Crippen molar-refractivity contribution < 1.29 is 29.0 Å². The molecule has 1 aliphatic heterocycles. The summed E-state index contributed by atoms with van der Waals surface area (Å²) in [7, 11) is 0. The SMILES string of the molecule is O=C(C[C@@H]1CCN[C@H]1C(=O)OCc1ccccc1)N[C@@H](Cc1ccc(OCc2c(Cl)cccc2Cl)cc1)C(=O)O. The molecule has 3 aromatic rings. The van der Waals surface area contributed by atoms with Crippen molar-refractivity contribution in [2.24, 2.45) is 5.92 Å². The van der Waals surface area contributed by atoms with Gasteiger partial charge in [-0.1, -0.05) is 71.7 Å². The first-order valence-corrected chi connectivity index (χ1v) is 13.7. The van der Waals surface area contributed by atoms with Gasteiger partial charge < -0.3 is 25.2 Å². The number of hydrogen-bond donors (Lipinski definition) is 3. The van der Waals surface area contributed by atoms with E-state index in [-0.39, 0.29) is 32.0 Å². The van der Waals surface area contributed by atoms with E-state index in [0.29, 0.717) is 39.9 Å². The molecule has 1 fully saturated rings. The van der Waals surface area contributed by atoms with Crippen LogP contribution in [0.2, 0.25) is 10.0 Å². The van der Waals surface area contributed by atoms with Crippen molar-refractivity contribution in [1.82, 2.24) is 10.6 Å². The van der Waals surface area contributed by atoms with Crippen molar-refractivity contribution >= 4 is 41.0 Å². The lowest BCUT2D eigenvalue weighted by atomic mass is 9.96. The Balaban J connectivity index is 1.27. The molecular weight excluding hydrogens is 555 g/mol. The highest BCUT2D eigenvalue weighted by Gasteiger charge is 2.36. The number of nitrogens with one attached hydrogen (secondary N) is 2. The Morgan fingerprint density at radius 3 is 2.30 bits per heavy atom. The highest BCUT2D eigenvalue weighted by atomic mass is 35.5. The second kappa shape index (κ2) is 14.2. The topological polar surface area (TPSA) is 114 Å². The first-order valence-electron chi connectivity index (χ1n) is 12.9. The summed E-state index contributed by atoms with van der Waals surface area (Å²) < 4.78 is 11.2. The highest BCUT2D eigenvalue weighted by molar-refractivity contribution is 6.35. The normalized spacial score (nSPS) is 17.1. The van der Waals surface area contributed by atoms with Gasteiger partial charge >= 0.3 is 11.9 Å². The molecule has 4 rings (SSSR count). The number of aliphatic carboxylic acids is 1. The van der Waals surface area contributed by atoms with Gasteiger partial charge in [-0.05, 0) is 54.3 Å². The number of carboxylic acid groups (broad SMARTS) is 1. The molecule has 8 nitrogen and oxygen atoms in total. The van der Waals surface area contributed by atoms with Crippen LogP contribution in [0.3, 0.4) is 0 Å². The van der Waals surface area contributed by atoms with Crippen LogP contribution in [0.15, 0.2) is 72.8 Å². The van der Waals surface area contributed by atoms with Crippen LogP contribution in [-0.4, -0.2) is 41.6 Å². The number of carboxylic acids is 1. The molecule has 0 saturated carbocycles. The molecule has 0 aliphatic carbocycles. The molecule has 210 valence electrons. The number of carbonyl (C=O) groups is 3. The van der Waals surface area contributed by atoms with Crippen molar-refractivity contribution in [2.75, 3.05) is 6.54 Å². The van der Waals surface area contributed by atoms with Crippen LogP contribution >= 0.6 is 23.2 Å². The fraction of sp³-hybridized carbons (Fsp3) is 0.300. The third kappa shape index (κ3) is 8.21. The molecule has 0 aromatic heterocycles. The molecule has 3 atom stereocenters. The number of esters is 1. The van der Waals surface area contributed by atoms with Crippen molar-refractivity contribution in [3.63, 3.8) is 0 Å². The molecule has 0 spiro atoms. The van der Waals surface area contributed by atoms with E-state index >= 15 is 0 Å². The minimum absolute atomic E-state index is 0.0132. The Hall–Kier alpha value is -3.59. The van der Waals surface area contributed by atoms with Crippen LogP contribution in [0.5, 0.6) is 5.75 Å². The maximum atomic E-state index is 12.8. The van der Waals surface area contributed by atoms with Crippen molar-refractivity contribution in [3.8, 4) is 5.75 Å². The number of halogens is 2. The van der Waals surface area contributed by atoms with Gasteiger partial charge in [0.15, 0.2) is 0 Å². The molecule has 0 bridgehead atoms. The van der Waals surface area contributed by atoms with E-state index in [1.165, 1.54) is 0 Å². The predicted molar refractivity (Wildman–Crippen MR) is 151 cm³/mol. The summed E-state index contributed by atoms with van der Waals surface area (Å²) in [5.74, 6) is -1.73. The van der Waals surface area contributed by atoms with Gasteiger partial charge in [-0.25, -0.2) is 4.79 Å². The van der Waals surface area contributed by atoms with Crippen molar-refractivity contribution in [1.29, 1.82) is 0 Å². The summed E-state index contributed by atoms with van der Waals surface area (Å²) in [5.41, 5.74) is 2.26. The quantitative estimate of drug-likeness (QED) is 0.262. The Morgan fingerprint density at radius 1 is 0.925 bits per heavy atom. The highest BCUT2D eigenvalue weighted by Crippen LogP contribution is 2.26. The summed E-state index contributed by atoms with van der Waals surface area (Å²) >= 11 is 12.4. The molecule has 1 amide bonds. The summed E-state index contributed by atoms with van der Waals surface area (Å²) in [6, 6.07) is 19.7. The number of hydrogen-bond acceptors (Lipinski definition) is 6. The number of benzene rings is 3. The minimum atomic E-state index is -1.15. The zero-order chi connectivity index (χ0) is 28.5. The van der Waals surface area contributed by atoms with Gasteiger partial charge in [0.05, 0.1) is 0 Å². The molecule has 0 radical (unpaired) electrons. The molecule has 3 N–H and O–H groups in total. The molecule has 0 unspecified atom stereocenters. The van der Waals surface area contributed by atoms with Gasteiger partial charge in [0.25, 0.3) is 0 Å². The Labute approximate surface area is 242 Å². The second-order valence-corrected chi connectivity index (χ2v) is 10.4. The van der Waals surface area contributed by atoms with E-state index in [4.69, 9.17) is 32.7 Å². The lowest BCUT2D eigenvalue weighted by Gasteiger charge is -2.20. The Bertz CT molecular complexity index is 1300. The average molecular weight is 585 g/mol. The van der Waals surface area contributed by atoms with E-state index in [0.717, 1.165) is 5.56 Å². The van der Waals surface area contributed by atoms with E-state index in [9.17, 15) is 19.5 Å². The van der Waals surface area contributed by atoms with Crippen LogP contribution < -0.4 is 15.4 Å². The van der Waals surface area contributed by atoms with E-state index in [1.807, 2.05) is 30.3 Å². The molecule has 1 aliphatic rings. The zero-order valence-electron chi connectivity index (χ0n) is 21.6. The monoisotopic (exact) mass is 584 g/mol. The van der Waals surface area contributed by atoms with Crippen LogP contribution in [0.1, 0.15) is 29.5 Å². The second-order valence-electron chi connectivity index (χ2n) is 9.57. The summed E-state index contributed by atoms with van der Waals surface area (Å²) in [6.07, 6.45) is 0.708. The number of ether oxygens (including phenoxy) is 2. The van der Waals surface area contributed by atoms with E-state index in [1.54, 1.807) is 42.5 Å². The third-order valence-electron chi connectivity index (χ3n) is 6.72. The largest absolute Gasteiger partial charge is 0.489 e. The Morgan fingerprint density at radius 2 is 1.62 bits per heavy atom.